The predicted octanol–water partition coefficient (Wildman–Crippen LogP) is 2.95. The molecule has 0 aromatic carbocycles. The topological polar surface area (TPSA) is 322 Å². The summed E-state index contributed by atoms with van der Waals surface area (Å²) in [7, 11) is 2.32. The van der Waals surface area contributed by atoms with E-state index in [2.05, 4.69) is 57.1 Å². The highest BCUT2D eigenvalue weighted by Gasteiger charge is 2.30. The first-order valence-electron chi connectivity index (χ1n) is 20.9. The molecule has 0 bridgehead atoms. The Morgan fingerprint density at radius 2 is 0.942 bits per heavy atom. The number of ketones is 1. The molecular formula is C43H73BClN5O18P. The summed E-state index contributed by atoms with van der Waals surface area (Å²) in [5, 5.41) is 18.5. The minimum absolute atomic E-state index is 0.0250. The van der Waals surface area contributed by atoms with Crippen LogP contribution in [0.5, 0.6) is 0 Å². The quantitative estimate of drug-likeness (QED) is 0.0157. The van der Waals surface area contributed by atoms with Gasteiger partial charge in [-0.05, 0) is 48.5 Å². The summed E-state index contributed by atoms with van der Waals surface area (Å²) < 4.78 is 49.0. The number of alkyl carbamates (subject to hydrolysis) is 2. The summed E-state index contributed by atoms with van der Waals surface area (Å²) in [6.07, 6.45) is 5.29. The number of halogens is 1. The van der Waals surface area contributed by atoms with Crippen LogP contribution in [0.1, 0.15) is 61.8 Å². The molecule has 69 heavy (non-hydrogen) atoms. The molecule has 0 saturated carbocycles. The van der Waals surface area contributed by atoms with Crippen LogP contribution in [0.15, 0.2) is 50.6 Å². The number of carboxylic acid groups (broad SMARTS) is 1. The number of carbonyl (C=O) groups excluding carboxylic acids is 7. The maximum Gasteiger partial charge on any atom is 0.408 e. The van der Waals surface area contributed by atoms with Crippen molar-refractivity contribution in [3.63, 3.8) is 0 Å². The summed E-state index contributed by atoms with van der Waals surface area (Å²) in [5.41, 5.74) is 3.94. The number of methoxy groups -OCH3 is 2. The van der Waals surface area contributed by atoms with E-state index < -0.39 is 95.0 Å². The third kappa shape index (κ3) is 42.6. The number of nitrogens with one attached hydrogen (secondary N) is 4. The second-order valence-corrected chi connectivity index (χ2v) is 16.8. The van der Waals surface area contributed by atoms with Crippen LogP contribution in [0.25, 0.3) is 0 Å². The lowest BCUT2D eigenvalue weighted by Crippen LogP contribution is -2.49. The highest BCUT2D eigenvalue weighted by Crippen LogP contribution is 2.11. The van der Waals surface area contributed by atoms with E-state index in [1.807, 2.05) is 0 Å². The average molecular weight is 1030 g/mol. The number of rotatable bonds is 29. The van der Waals surface area contributed by atoms with E-state index in [9.17, 15) is 38.4 Å². The Morgan fingerprint density at radius 1 is 0.623 bits per heavy atom. The van der Waals surface area contributed by atoms with Crippen LogP contribution in [-0.2, 0) is 71.2 Å². The van der Waals surface area contributed by atoms with Gasteiger partial charge in [-0.2, -0.15) is 11.5 Å². The maximum absolute atomic E-state index is 12.8. The number of hydrogen-bond acceptors (Lipinski definition) is 18. The van der Waals surface area contributed by atoms with Crippen molar-refractivity contribution in [2.24, 2.45) is 11.7 Å². The van der Waals surface area contributed by atoms with Crippen LogP contribution in [0.4, 0.5) is 9.59 Å². The van der Waals surface area contributed by atoms with Gasteiger partial charge in [-0.15, -0.1) is 26.3 Å². The zero-order valence-corrected chi connectivity index (χ0v) is 43.0. The van der Waals surface area contributed by atoms with Crippen molar-refractivity contribution < 1.29 is 85.9 Å². The van der Waals surface area contributed by atoms with E-state index in [4.69, 9.17) is 55.3 Å². The number of aliphatic carboxylic acids is 1. The predicted molar refractivity (Wildman–Crippen MR) is 258 cm³/mol. The molecule has 0 fully saturated rings. The van der Waals surface area contributed by atoms with Crippen LogP contribution in [-0.4, -0.2) is 168 Å². The molecule has 0 rings (SSSR count). The first-order valence-corrected chi connectivity index (χ1v) is 22.2. The largest absolute Gasteiger partial charge is 0.480 e. The number of amides is 4. The van der Waals surface area contributed by atoms with Crippen LogP contribution in [0, 0.1) is 5.92 Å². The summed E-state index contributed by atoms with van der Waals surface area (Å²) in [4.78, 5) is 94.0. The molecular weight excluding hydrogens is 952 g/mol. The lowest BCUT2D eigenvalue weighted by Gasteiger charge is -2.24. The molecule has 4 amide bonds. The van der Waals surface area contributed by atoms with E-state index in [1.54, 1.807) is 47.6 Å². The zero-order chi connectivity index (χ0) is 54.2. The van der Waals surface area contributed by atoms with Crippen LogP contribution in [0.3, 0.4) is 0 Å². The number of ether oxygens (including phenoxy) is 8. The van der Waals surface area contributed by atoms with Crippen molar-refractivity contribution >= 4 is 73.9 Å². The monoisotopic (exact) mass is 1020 g/mol. The van der Waals surface area contributed by atoms with Crippen LogP contribution < -0.4 is 27.0 Å². The van der Waals surface area contributed by atoms with Crippen molar-refractivity contribution in [1.29, 1.82) is 0 Å². The lowest BCUT2D eigenvalue weighted by atomic mass is 9.99. The molecule has 0 saturated heterocycles. The molecule has 0 aliphatic heterocycles. The molecule has 393 valence electrons. The summed E-state index contributed by atoms with van der Waals surface area (Å²) in [5.74, 6) is -4.63. The Kier molecular flexibility index (Phi) is 42.5. The van der Waals surface area contributed by atoms with Crippen molar-refractivity contribution in [1.82, 2.24) is 21.3 Å². The molecule has 23 nitrogen and oxygen atoms in total. The zero-order valence-electron chi connectivity index (χ0n) is 41.3. The van der Waals surface area contributed by atoms with E-state index in [1.165, 1.54) is 46.3 Å². The van der Waals surface area contributed by atoms with E-state index in [0.29, 0.717) is 6.61 Å². The molecule has 7 N–H and O–H groups in total. The average Bonchev–Trinajstić information content (AvgIpc) is 3.26. The second kappa shape index (κ2) is 41.7. The number of Topliss-reactive ketones (excluding diaryl/α,β-unsaturated/α-hetero) is 1. The van der Waals surface area contributed by atoms with Gasteiger partial charge < -0.3 is 70.0 Å². The second-order valence-electron chi connectivity index (χ2n) is 15.8. The fourth-order valence-corrected chi connectivity index (χ4v) is 4.14. The summed E-state index contributed by atoms with van der Waals surface area (Å²) in [6, 6.07) is -4.72. The molecule has 1 radical (unpaired) electrons. The molecule has 0 heterocycles. The Labute approximate surface area is 412 Å². The van der Waals surface area contributed by atoms with Gasteiger partial charge in [0.2, 0.25) is 11.8 Å². The highest BCUT2D eigenvalue weighted by molar-refractivity contribution is 7.70. The summed E-state index contributed by atoms with van der Waals surface area (Å²) in [6.45, 7) is 27.7. The third-order valence-corrected chi connectivity index (χ3v) is 7.48. The van der Waals surface area contributed by atoms with Gasteiger partial charge in [-0.3, -0.25) is 18.9 Å². The molecule has 0 spiro atoms. The first kappa shape index (κ1) is 70.3. The van der Waals surface area contributed by atoms with Gasteiger partial charge in [0.15, 0.2) is 23.9 Å². The van der Waals surface area contributed by atoms with E-state index in [0.717, 1.165) is 6.41 Å². The minimum Gasteiger partial charge on any atom is -0.480 e. The molecule has 0 aromatic heterocycles. The number of carbonyl (C=O) groups is 8. The fourth-order valence-electron chi connectivity index (χ4n) is 4.14. The van der Waals surface area contributed by atoms with Gasteiger partial charge in [0.25, 0.3) is 0 Å². The normalized spacial score (nSPS) is 13.1. The maximum atomic E-state index is 12.8. The summed E-state index contributed by atoms with van der Waals surface area (Å²) >= 11 is 4.74. The molecule has 0 unspecified atom stereocenters. The highest BCUT2D eigenvalue weighted by atomic mass is 35.5. The number of hydrogen-bond donors (Lipinski definition) is 6. The number of nitrogens with two attached hydrogens (primary N) is 1. The van der Waals surface area contributed by atoms with Gasteiger partial charge in [-0.1, -0.05) is 31.2 Å². The Bertz CT molecular complexity index is 1610. The van der Waals surface area contributed by atoms with Gasteiger partial charge in [0.05, 0.1) is 73.1 Å². The van der Waals surface area contributed by atoms with Crippen molar-refractivity contribution in [2.45, 2.75) is 103 Å². The molecule has 0 aromatic rings. The standard InChI is InChI=1S/C22H36N2O8.C11H19NO5.C10H18N2O4.BClOP/c1-8-10-30-13-16(24-21(28)32-22(4,5)6)18(25)12-15(3)19(26)23-17(20(27)29-7)14-31-11-9-2;1-5-6-16-7-8(9(13)14)12-10(15)17-11(2,3)4;1-4-5-16-6-8(10(14)15-3)12-9(13)7(2)11;2-1-4-3/h8-9,15-17H,1-2,10-14H2,3-7H3,(H,23,26)(H,24,28);5,8H,1,6-7H2,2-4H3,(H,12,15)(H,13,14);4,7-8H,1,5-6,11H2,2-3H3,(H,12,13);/t15-,16+,17+;8-;7-,8-;/m100./s1. The SMILES string of the molecule is C=CCOC[C@H](NC(=O)OC(C)(C)C)C(=O)C[C@@H](C)C(=O)N[C@@H](COCC=C)C(=O)OC.C=CCOC[C@H](NC(=O)OC(C)(C)C)C(=O)O.C=CCOC[C@H](NC(=O)[C@H](C)N)C(=O)OC.O=P[B]Cl. The minimum atomic E-state index is -1.18. The molecule has 0 aliphatic carbocycles. The van der Waals surface area contributed by atoms with E-state index >= 15 is 0 Å². The fraction of sp³-hybridized carbons (Fsp3) is 0.628. The van der Waals surface area contributed by atoms with Gasteiger partial charge >= 0.3 is 36.5 Å². The Hall–Kier alpha value is -5.23. The Morgan fingerprint density at radius 3 is 1.23 bits per heavy atom. The van der Waals surface area contributed by atoms with Crippen LogP contribution >= 0.6 is 19.8 Å². The lowest BCUT2D eigenvalue weighted by molar-refractivity contribution is -0.147. The first-order chi connectivity index (χ1) is 32.1. The van der Waals surface area contributed by atoms with Crippen molar-refractivity contribution in [2.75, 3.05) is 67.1 Å². The van der Waals surface area contributed by atoms with Gasteiger partial charge in [-0.25, -0.2) is 24.0 Å². The van der Waals surface area contributed by atoms with Gasteiger partial charge in [0.1, 0.15) is 25.6 Å². The van der Waals surface area contributed by atoms with Gasteiger partial charge in [0, 0.05) is 12.3 Å². The number of esters is 2. The number of carboxylic acids is 1. The van der Waals surface area contributed by atoms with E-state index in [-0.39, 0.29) is 61.0 Å². The third-order valence-electron chi connectivity index (χ3n) is 7.16. The van der Waals surface area contributed by atoms with Crippen molar-refractivity contribution in [3.05, 3.63) is 50.6 Å². The van der Waals surface area contributed by atoms with Crippen LogP contribution in [0.2, 0.25) is 0 Å². The smallest absolute Gasteiger partial charge is 0.408 e. The molecule has 26 heteroatoms. The molecule has 6 atom stereocenters. The molecule has 0 aliphatic rings. The van der Waals surface area contributed by atoms with Crippen molar-refractivity contribution in [3.8, 4) is 0 Å². The Balaban J connectivity index is -0.000000479.